The molecule has 0 radical (unpaired) electrons. The van der Waals surface area contributed by atoms with Crippen molar-refractivity contribution in [3.05, 3.63) is 11.3 Å². The van der Waals surface area contributed by atoms with E-state index in [1.165, 1.54) is 0 Å². The summed E-state index contributed by atoms with van der Waals surface area (Å²) in [6.07, 6.45) is 0.933. The first-order chi connectivity index (χ1) is 5.11. The highest BCUT2D eigenvalue weighted by Gasteiger charge is 2.00. The molecule has 0 heterocycles. The summed E-state index contributed by atoms with van der Waals surface area (Å²) in [5, 5.41) is 11.8. The van der Waals surface area contributed by atoms with E-state index in [-0.39, 0.29) is 0 Å². The van der Waals surface area contributed by atoms with Gasteiger partial charge in [0.1, 0.15) is 11.8 Å². The van der Waals surface area contributed by atoms with Crippen molar-refractivity contribution < 1.29 is 0 Å². The molecule has 0 saturated carbocycles. The minimum atomic E-state index is 0.339. The first-order valence-electron chi connectivity index (χ1n) is 3.98. The van der Waals surface area contributed by atoms with Crippen LogP contribution in [0, 0.1) is 11.3 Å². The number of hydrogen-bond donors (Lipinski definition) is 1. The van der Waals surface area contributed by atoms with Crippen LogP contribution >= 0.6 is 0 Å². The molecule has 0 amide bonds. The van der Waals surface area contributed by atoms with E-state index in [1.54, 1.807) is 0 Å². The summed E-state index contributed by atoms with van der Waals surface area (Å²) in [5.74, 6) is 0. The Morgan fingerprint density at radius 1 is 1.55 bits per heavy atom. The van der Waals surface area contributed by atoms with Gasteiger partial charge in [-0.05, 0) is 32.8 Å². The van der Waals surface area contributed by atoms with Crippen molar-refractivity contribution in [1.82, 2.24) is 5.32 Å². The molecule has 0 aromatic rings. The van der Waals surface area contributed by atoms with Gasteiger partial charge in [-0.1, -0.05) is 6.92 Å². The van der Waals surface area contributed by atoms with Crippen LogP contribution in [0.1, 0.15) is 34.1 Å². The third-order valence-corrected chi connectivity index (χ3v) is 1.50. The number of nitriles is 1. The molecule has 0 aliphatic rings. The van der Waals surface area contributed by atoms with E-state index in [9.17, 15) is 0 Å². The summed E-state index contributed by atoms with van der Waals surface area (Å²) < 4.78 is 0. The van der Waals surface area contributed by atoms with Crippen LogP contribution in [0.2, 0.25) is 0 Å². The lowest BCUT2D eigenvalue weighted by molar-refractivity contribution is 0.675. The Balaban J connectivity index is 4.30. The lowest BCUT2D eigenvalue weighted by Crippen LogP contribution is -2.22. The second-order valence-corrected chi connectivity index (χ2v) is 2.92. The van der Waals surface area contributed by atoms with Crippen molar-refractivity contribution in [2.75, 3.05) is 0 Å². The van der Waals surface area contributed by atoms with Crippen LogP contribution in [0.5, 0.6) is 0 Å². The quantitative estimate of drug-likeness (QED) is 0.629. The summed E-state index contributed by atoms with van der Waals surface area (Å²) in [6.45, 7) is 8.09. The molecule has 0 aliphatic heterocycles. The zero-order valence-corrected chi connectivity index (χ0v) is 7.73. The predicted octanol–water partition coefficient (Wildman–Crippen LogP) is 2.19. The van der Waals surface area contributed by atoms with Gasteiger partial charge in [-0.25, -0.2) is 0 Å². The summed E-state index contributed by atoms with van der Waals surface area (Å²) in [6, 6.07) is 2.49. The Hall–Kier alpha value is -0.970. The third kappa shape index (κ3) is 3.67. The Labute approximate surface area is 68.9 Å². The highest BCUT2D eigenvalue weighted by Crippen LogP contribution is 2.04. The monoisotopic (exact) mass is 152 g/mol. The standard InChI is InChI=1S/C9H16N2/c1-5-8(4)9(6-10)11-7(2)3/h7,11H,5H2,1-4H3/b9-8-. The second kappa shape index (κ2) is 4.79. The maximum Gasteiger partial charge on any atom is 0.117 e. The summed E-state index contributed by atoms with van der Waals surface area (Å²) in [4.78, 5) is 0. The SMILES string of the molecule is CC/C(C)=C(/C#N)NC(C)C. The molecule has 0 aliphatic carbocycles. The van der Waals surface area contributed by atoms with Crippen molar-refractivity contribution >= 4 is 0 Å². The minimum absolute atomic E-state index is 0.339. The van der Waals surface area contributed by atoms with E-state index >= 15 is 0 Å². The van der Waals surface area contributed by atoms with Gasteiger partial charge in [0.2, 0.25) is 0 Å². The van der Waals surface area contributed by atoms with Crippen LogP contribution in [0.3, 0.4) is 0 Å². The Morgan fingerprint density at radius 2 is 2.09 bits per heavy atom. The number of rotatable bonds is 3. The molecule has 0 aromatic carbocycles. The van der Waals surface area contributed by atoms with Crippen LogP contribution < -0.4 is 5.32 Å². The Kier molecular flexibility index (Phi) is 4.36. The molecule has 0 rings (SSSR count). The van der Waals surface area contributed by atoms with Gasteiger partial charge in [-0.3, -0.25) is 0 Å². The van der Waals surface area contributed by atoms with Gasteiger partial charge in [0.05, 0.1) is 0 Å². The fourth-order valence-corrected chi connectivity index (χ4v) is 0.716. The van der Waals surface area contributed by atoms with E-state index in [0.29, 0.717) is 6.04 Å². The van der Waals surface area contributed by atoms with Crippen LogP contribution in [0.15, 0.2) is 11.3 Å². The highest BCUT2D eigenvalue weighted by atomic mass is 14.9. The molecule has 0 atom stereocenters. The molecule has 11 heavy (non-hydrogen) atoms. The smallest absolute Gasteiger partial charge is 0.117 e. The van der Waals surface area contributed by atoms with Crippen LogP contribution in [-0.4, -0.2) is 6.04 Å². The molecular weight excluding hydrogens is 136 g/mol. The minimum Gasteiger partial charge on any atom is -0.374 e. The van der Waals surface area contributed by atoms with Crippen LogP contribution in [0.25, 0.3) is 0 Å². The van der Waals surface area contributed by atoms with E-state index in [4.69, 9.17) is 5.26 Å². The van der Waals surface area contributed by atoms with Gasteiger partial charge < -0.3 is 5.32 Å². The molecule has 0 spiro atoms. The fourth-order valence-electron chi connectivity index (χ4n) is 0.716. The van der Waals surface area contributed by atoms with Gasteiger partial charge in [0.25, 0.3) is 0 Å². The van der Waals surface area contributed by atoms with E-state index < -0.39 is 0 Å². The highest BCUT2D eigenvalue weighted by molar-refractivity contribution is 5.24. The molecule has 0 aromatic heterocycles. The normalized spacial score (nSPS) is 12.4. The average molecular weight is 152 g/mol. The van der Waals surface area contributed by atoms with E-state index in [1.807, 2.05) is 20.8 Å². The van der Waals surface area contributed by atoms with Crippen LogP contribution in [0.4, 0.5) is 0 Å². The molecule has 2 nitrogen and oxygen atoms in total. The van der Waals surface area contributed by atoms with E-state index in [0.717, 1.165) is 17.7 Å². The van der Waals surface area contributed by atoms with Gasteiger partial charge in [0, 0.05) is 6.04 Å². The lowest BCUT2D eigenvalue weighted by Gasteiger charge is -2.09. The fraction of sp³-hybridized carbons (Fsp3) is 0.667. The average Bonchev–Trinajstić information content (AvgIpc) is 1.98. The maximum absolute atomic E-state index is 8.71. The Bertz CT molecular complexity index is 184. The Morgan fingerprint density at radius 3 is 2.36 bits per heavy atom. The van der Waals surface area contributed by atoms with Crippen molar-refractivity contribution in [3.8, 4) is 6.07 Å². The largest absolute Gasteiger partial charge is 0.374 e. The first kappa shape index (κ1) is 10.0. The van der Waals surface area contributed by atoms with Gasteiger partial charge in [-0.15, -0.1) is 0 Å². The van der Waals surface area contributed by atoms with Gasteiger partial charge in [-0.2, -0.15) is 5.26 Å². The molecule has 1 N–H and O–H groups in total. The molecule has 62 valence electrons. The van der Waals surface area contributed by atoms with Crippen LogP contribution in [-0.2, 0) is 0 Å². The summed E-state index contributed by atoms with van der Waals surface area (Å²) in [7, 11) is 0. The first-order valence-corrected chi connectivity index (χ1v) is 3.98. The third-order valence-electron chi connectivity index (χ3n) is 1.50. The molecule has 0 fully saturated rings. The molecule has 2 heteroatoms. The topological polar surface area (TPSA) is 35.8 Å². The van der Waals surface area contributed by atoms with Crippen molar-refractivity contribution in [3.63, 3.8) is 0 Å². The second-order valence-electron chi connectivity index (χ2n) is 2.92. The number of nitrogens with one attached hydrogen (secondary N) is 1. The number of allylic oxidation sites excluding steroid dienone is 2. The van der Waals surface area contributed by atoms with E-state index in [2.05, 4.69) is 18.3 Å². The van der Waals surface area contributed by atoms with Gasteiger partial charge in [0.15, 0.2) is 0 Å². The molecule has 0 unspecified atom stereocenters. The molecule has 0 saturated heterocycles. The lowest BCUT2D eigenvalue weighted by atomic mass is 10.2. The zero-order chi connectivity index (χ0) is 8.85. The summed E-state index contributed by atoms with van der Waals surface area (Å²) >= 11 is 0. The van der Waals surface area contributed by atoms with Crippen molar-refractivity contribution in [1.29, 1.82) is 5.26 Å². The number of nitrogens with zero attached hydrogens (tertiary/aromatic N) is 1. The van der Waals surface area contributed by atoms with Crippen molar-refractivity contribution in [2.24, 2.45) is 0 Å². The summed E-state index contributed by atoms with van der Waals surface area (Å²) in [5.41, 5.74) is 1.85. The molecule has 0 bridgehead atoms. The molecular formula is C9H16N2. The number of hydrogen-bond acceptors (Lipinski definition) is 2. The van der Waals surface area contributed by atoms with Crippen molar-refractivity contribution in [2.45, 2.75) is 40.2 Å². The zero-order valence-electron chi connectivity index (χ0n) is 7.73. The van der Waals surface area contributed by atoms with Gasteiger partial charge >= 0.3 is 0 Å². The predicted molar refractivity (Wildman–Crippen MR) is 46.9 cm³/mol. The maximum atomic E-state index is 8.71.